The Morgan fingerprint density at radius 1 is 1.47 bits per heavy atom. The van der Waals surface area contributed by atoms with Gasteiger partial charge in [0, 0.05) is 0 Å². The summed E-state index contributed by atoms with van der Waals surface area (Å²) in [5.41, 5.74) is 7.29. The zero-order valence-electron chi connectivity index (χ0n) is 8.26. The molecular formula is C10H12N4S. The van der Waals surface area contributed by atoms with Crippen LogP contribution in [0, 0.1) is 0 Å². The summed E-state index contributed by atoms with van der Waals surface area (Å²) in [5, 5.41) is 4.94. The van der Waals surface area contributed by atoms with Crippen LogP contribution in [0.4, 0.5) is 5.69 Å². The molecule has 1 unspecified atom stereocenters. The summed E-state index contributed by atoms with van der Waals surface area (Å²) in [6.45, 7) is 0. The highest BCUT2D eigenvalue weighted by Gasteiger charge is 2.21. The van der Waals surface area contributed by atoms with Gasteiger partial charge in [0.1, 0.15) is 0 Å². The van der Waals surface area contributed by atoms with E-state index in [0.29, 0.717) is 5.25 Å². The highest BCUT2D eigenvalue weighted by atomic mass is 32.2. The largest absolute Gasteiger partial charge is 0.397 e. The molecule has 3 heterocycles. The molecular weight excluding hydrogens is 208 g/mol. The number of hydrogen-bond donors (Lipinski definition) is 1. The highest BCUT2D eigenvalue weighted by molar-refractivity contribution is 7.99. The topological polar surface area (TPSA) is 56.2 Å². The van der Waals surface area contributed by atoms with Gasteiger partial charge < -0.3 is 5.73 Å². The highest BCUT2D eigenvalue weighted by Crippen LogP contribution is 2.38. The minimum Gasteiger partial charge on any atom is -0.397 e. The van der Waals surface area contributed by atoms with Crippen molar-refractivity contribution in [2.75, 3.05) is 11.5 Å². The van der Waals surface area contributed by atoms with E-state index in [9.17, 15) is 0 Å². The van der Waals surface area contributed by atoms with Crippen molar-refractivity contribution in [1.82, 2.24) is 14.6 Å². The number of fused-ring (bicyclic) bond motifs is 1. The lowest BCUT2D eigenvalue weighted by molar-refractivity contribution is 0.770. The fourth-order valence-electron chi connectivity index (χ4n) is 1.83. The summed E-state index contributed by atoms with van der Waals surface area (Å²) in [5.74, 6) is 2.17. The molecule has 1 saturated heterocycles. The molecule has 1 atom stereocenters. The Hall–Kier alpha value is -1.23. The number of thioether (sulfide) groups is 1. The first-order valence-electron chi connectivity index (χ1n) is 5.06. The third-order valence-electron chi connectivity index (χ3n) is 2.59. The smallest absolute Gasteiger partial charge is 0.164 e. The second-order valence-corrected chi connectivity index (χ2v) is 5.05. The Bertz CT molecular complexity index is 487. The molecule has 0 aliphatic carbocycles. The quantitative estimate of drug-likeness (QED) is 0.797. The monoisotopic (exact) mass is 220 g/mol. The van der Waals surface area contributed by atoms with Gasteiger partial charge in [-0.1, -0.05) is 0 Å². The molecule has 1 aliphatic rings. The maximum Gasteiger partial charge on any atom is 0.164 e. The fourth-order valence-corrected chi connectivity index (χ4v) is 3.03. The van der Waals surface area contributed by atoms with Crippen LogP contribution >= 0.6 is 11.8 Å². The van der Waals surface area contributed by atoms with E-state index in [0.717, 1.165) is 17.2 Å². The lowest BCUT2D eigenvalue weighted by Crippen LogP contribution is -1.94. The summed E-state index contributed by atoms with van der Waals surface area (Å²) in [4.78, 5) is 4.51. The van der Waals surface area contributed by atoms with Crippen LogP contribution in [0.5, 0.6) is 0 Å². The van der Waals surface area contributed by atoms with Gasteiger partial charge in [0.15, 0.2) is 11.5 Å². The van der Waals surface area contributed by atoms with E-state index < -0.39 is 0 Å². The van der Waals surface area contributed by atoms with Crippen LogP contribution in [0.25, 0.3) is 5.65 Å². The Morgan fingerprint density at radius 3 is 3.20 bits per heavy atom. The number of nitrogens with zero attached hydrogens (tertiary/aromatic N) is 3. The van der Waals surface area contributed by atoms with Gasteiger partial charge in [-0.2, -0.15) is 16.9 Å². The van der Waals surface area contributed by atoms with E-state index in [1.807, 2.05) is 30.1 Å². The van der Waals surface area contributed by atoms with Crippen molar-refractivity contribution in [1.29, 1.82) is 0 Å². The molecule has 5 heteroatoms. The van der Waals surface area contributed by atoms with Crippen molar-refractivity contribution in [3.8, 4) is 0 Å². The number of aromatic nitrogens is 3. The van der Waals surface area contributed by atoms with Gasteiger partial charge in [0.05, 0.1) is 17.1 Å². The first-order chi connectivity index (χ1) is 7.33. The molecule has 1 aliphatic heterocycles. The molecule has 0 aromatic carbocycles. The average Bonchev–Trinajstić information content (AvgIpc) is 2.84. The molecule has 0 spiro atoms. The van der Waals surface area contributed by atoms with Gasteiger partial charge in [0.25, 0.3) is 0 Å². The summed E-state index contributed by atoms with van der Waals surface area (Å²) >= 11 is 1.95. The van der Waals surface area contributed by atoms with Crippen LogP contribution in [0.15, 0.2) is 18.3 Å². The Balaban J connectivity index is 2.05. The van der Waals surface area contributed by atoms with E-state index in [1.165, 1.54) is 18.6 Å². The third-order valence-corrected chi connectivity index (χ3v) is 3.96. The lowest BCUT2D eigenvalue weighted by atomic mass is 10.2. The summed E-state index contributed by atoms with van der Waals surface area (Å²) in [7, 11) is 0. The Labute approximate surface area is 91.9 Å². The van der Waals surface area contributed by atoms with Crippen LogP contribution in [0.1, 0.15) is 23.9 Å². The zero-order chi connectivity index (χ0) is 10.3. The van der Waals surface area contributed by atoms with Crippen molar-refractivity contribution in [2.24, 2.45) is 0 Å². The van der Waals surface area contributed by atoms with Gasteiger partial charge in [-0.05, 0) is 30.7 Å². The van der Waals surface area contributed by atoms with Gasteiger partial charge in [0.2, 0.25) is 0 Å². The molecule has 1 fully saturated rings. The summed E-state index contributed by atoms with van der Waals surface area (Å²) in [6.07, 6.45) is 4.27. The molecule has 3 rings (SSSR count). The number of nitrogens with two attached hydrogens (primary N) is 1. The van der Waals surface area contributed by atoms with Crippen molar-refractivity contribution < 1.29 is 0 Å². The van der Waals surface area contributed by atoms with Gasteiger partial charge >= 0.3 is 0 Å². The fraction of sp³-hybridized carbons (Fsp3) is 0.400. The lowest BCUT2D eigenvalue weighted by Gasteiger charge is -1.99. The SMILES string of the molecule is Nc1ccc2nc(C3CCCS3)nn2c1. The van der Waals surface area contributed by atoms with Gasteiger partial charge in [-0.25, -0.2) is 9.50 Å². The van der Waals surface area contributed by atoms with Crippen LogP contribution in [0.2, 0.25) is 0 Å². The standard InChI is InChI=1S/C10H12N4S/c11-7-3-4-9-12-10(13-14(9)6-7)8-2-1-5-15-8/h3-4,6,8H,1-2,5,11H2. The number of hydrogen-bond acceptors (Lipinski definition) is 4. The number of rotatable bonds is 1. The maximum absolute atomic E-state index is 5.69. The first-order valence-corrected chi connectivity index (χ1v) is 6.11. The normalized spacial score (nSPS) is 21.2. The van der Waals surface area contributed by atoms with Crippen LogP contribution in [0.3, 0.4) is 0 Å². The summed E-state index contributed by atoms with van der Waals surface area (Å²) < 4.78 is 1.77. The minimum atomic E-state index is 0.478. The molecule has 0 bridgehead atoms. The Morgan fingerprint density at radius 2 is 2.40 bits per heavy atom. The zero-order valence-corrected chi connectivity index (χ0v) is 9.07. The molecule has 0 amide bonds. The number of nitrogen functional groups attached to an aromatic ring is 1. The maximum atomic E-state index is 5.69. The predicted molar refractivity (Wildman–Crippen MR) is 61.8 cm³/mol. The van der Waals surface area contributed by atoms with E-state index in [2.05, 4.69) is 10.1 Å². The van der Waals surface area contributed by atoms with E-state index in [1.54, 1.807) is 4.52 Å². The van der Waals surface area contributed by atoms with Crippen LogP contribution < -0.4 is 5.73 Å². The van der Waals surface area contributed by atoms with Gasteiger partial charge in [-0.3, -0.25) is 0 Å². The van der Waals surface area contributed by atoms with Gasteiger partial charge in [-0.15, -0.1) is 0 Å². The molecule has 4 nitrogen and oxygen atoms in total. The first kappa shape index (κ1) is 9.03. The second-order valence-electron chi connectivity index (χ2n) is 3.74. The molecule has 78 valence electrons. The van der Waals surface area contributed by atoms with E-state index in [4.69, 9.17) is 5.73 Å². The third kappa shape index (κ3) is 1.56. The summed E-state index contributed by atoms with van der Waals surface area (Å²) in [6, 6.07) is 3.76. The van der Waals surface area contributed by atoms with E-state index in [-0.39, 0.29) is 0 Å². The van der Waals surface area contributed by atoms with Crippen molar-refractivity contribution in [3.05, 3.63) is 24.2 Å². The van der Waals surface area contributed by atoms with Crippen LogP contribution in [-0.4, -0.2) is 20.4 Å². The molecule has 0 radical (unpaired) electrons. The van der Waals surface area contributed by atoms with Crippen molar-refractivity contribution in [2.45, 2.75) is 18.1 Å². The van der Waals surface area contributed by atoms with Crippen LogP contribution in [-0.2, 0) is 0 Å². The molecule has 2 N–H and O–H groups in total. The average molecular weight is 220 g/mol. The molecule has 15 heavy (non-hydrogen) atoms. The second kappa shape index (κ2) is 3.41. The number of pyridine rings is 1. The Kier molecular flexibility index (Phi) is 2.05. The molecule has 2 aromatic heterocycles. The van der Waals surface area contributed by atoms with Crippen molar-refractivity contribution in [3.63, 3.8) is 0 Å². The van der Waals surface area contributed by atoms with Crippen molar-refractivity contribution >= 4 is 23.1 Å². The predicted octanol–water partition coefficient (Wildman–Crippen LogP) is 1.88. The number of anilines is 1. The molecule has 0 saturated carbocycles. The minimum absolute atomic E-state index is 0.478. The molecule has 2 aromatic rings. The van der Waals surface area contributed by atoms with E-state index >= 15 is 0 Å².